The second kappa shape index (κ2) is 4.35. The third kappa shape index (κ3) is 2.03. The van der Waals surface area contributed by atoms with Crippen LogP contribution < -0.4 is 5.56 Å². The van der Waals surface area contributed by atoms with Gasteiger partial charge in [0, 0.05) is 17.3 Å². The minimum Gasteiger partial charge on any atom is -0.269 e. The lowest BCUT2D eigenvalue weighted by Gasteiger charge is -2.06. The fourth-order valence-electron chi connectivity index (χ4n) is 2.19. The Morgan fingerprint density at radius 1 is 1.00 bits per heavy atom. The average molecular weight is 250 g/mol. The van der Waals surface area contributed by atoms with Crippen molar-refractivity contribution in [1.29, 1.82) is 0 Å². The summed E-state index contributed by atoms with van der Waals surface area (Å²) in [5.74, 6) is 0. The number of nitrogens with zero attached hydrogens (tertiary/aromatic N) is 2. The van der Waals surface area contributed by atoms with Crippen LogP contribution in [0, 0.1) is 13.8 Å². The Morgan fingerprint density at radius 2 is 1.74 bits per heavy atom. The lowest BCUT2D eigenvalue weighted by molar-refractivity contribution is 0.993. The summed E-state index contributed by atoms with van der Waals surface area (Å²) in [5.41, 5.74) is 4.41. The van der Waals surface area contributed by atoms with Crippen molar-refractivity contribution in [2.75, 3.05) is 0 Å². The van der Waals surface area contributed by atoms with Gasteiger partial charge in [0.05, 0.1) is 5.69 Å². The van der Waals surface area contributed by atoms with Gasteiger partial charge in [-0.2, -0.15) is 0 Å². The van der Waals surface area contributed by atoms with Gasteiger partial charge in [-0.3, -0.25) is 9.20 Å². The third-order valence-electron chi connectivity index (χ3n) is 3.23. The Balaban J connectivity index is 2.27. The van der Waals surface area contributed by atoms with Gasteiger partial charge in [-0.05, 0) is 26.0 Å². The molecule has 2 heterocycles. The molecule has 0 bridgehead atoms. The van der Waals surface area contributed by atoms with E-state index in [2.05, 4.69) is 4.98 Å². The highest BCUT2D eigenvalue weighted by Crippen LogP contribution is 2.17. The summed E-state index contributed by atoms with van der Waals surface area (Å²) in [6, 6.07) is 15.3. The largest absolute Gasteiger partial charge is 0.269 e. The molecule has 94 valence electrons. The standard InChI is InChI=1S/C16H14N2O/c1-11-6-8-13(9-7-11)14-10-16(19)18-12(2)4-3-5-15(18)17-14/h3-10H,1-2H3. The van der Waals surface area contributed by atoms with Crippen LogP contribution in [0.2, 0.25) is 0 Å². The summed E-state index contributed by atoms with van der Waals surface area (Å²) in [5, 5.41) is 0. The van der Waals surface area contributed by atoms with Crippen molar-refractivity contribution in [1.82, 2.24) is 9.38 Å². The first-order valence-corrected chi connectivity index (χ1v) is 6.21. The van der Waals surface area contributed by atoms with Crippen LogP contribution in [0.1, 0.15) is 11.3 Å². The second-order valence-electron chi connectivity index (χ2n) is 4.71. The number of fused-ring (bicyclic) bond motifs is 1. The molecule has 3 nitrogen and oxygen atoms in total. The monoisotopic (exact) mass is 250 g/mol. The molecule has 0 fully saturated rings. The molecule has 0 spiro atoms. The van der Waals surface area contributed by atoms with E-state index in [1.807, 2.05) is 56.3 Å². The molecule has 0 saturated heterocycles. The lowest BCUT2D eigenvalue weighted by Crippen LogP contribution is -2.16. The summed E-state index contributed by atoms with van der Waals surface area (Å²) >= 11 is 0. The van der Waals surface area contributed by atoms with Crippen LogP contribution in [0.5, 0.6) is 0 Å². The highest BCUT2D eigenvalue weighted by molar-refractivity contribution is 5.61. The van der Waals surface area contributed by atoms with E-state index in [9.17, 15) is 4.79 Å². The van der Waals surface area contributed by atoms with Gasteiger partial charge < -0.3 is 0 Å². The minimum atomic E-state index is -0.0429. The molecule has 3 aromatic rings. The van der Waals surface area contributed by atoms with Crippen LogP contribution in [-0.2, 0) is 0 Å². The Bertz CT molecular complexity index is 801. The Kier molecular flexibility index (Phi) is 2.67. The Hall–Kier alpha value is -2.42. The van der Waals surface area contributed by atoms with Gasteiger partial charge in [-0.25, -0.2) is 4.98 Å². The molecular weight excluding hydrogens is 236 g/mol. The Labute approximate surface area is 111 Å². The molecule has 0 N–H and O–H groups in total. The fourth-order valence-corrected chi connectivity index (χ4v) is 2.19. The maximum atomic E-state index is 12.2. The zero-order valence-electron chi connectivity index (χ0n) is 10.9. The summed E-state index contributed by atoms with van der Waals surface area (Å²) < 4.78 is 1.62. The summed E-state index contributed by atoms with van der Waals surface area (Å²) in [6.45, 7) is 3.94. The molecule has 3 rings (SSSR count). The third-order valence-corrected chi connectivity index (χ3v) is 3.23. The van der Waals surface area contributed by atoms with Crippen molar-refractivity contribution in [3.8, 4) is 11.3 Å². The van der Waals surface area contributed by atoms with Gasteiger partial charge in [-0.1, -0.05) is 35.9 Å². The lowest BCUT2D eigenvalue weighted by atomic mass is 10.1. The molecule has 3 heteroatoms. The number of rotatable bonds is 1. The van der Waals surface area contributed by atoms with Crippen LogP contribution in [0.15, 0.2) is 53.3 Å². The van der Waals surface area contributed by atoms with E-state index in [0.29, 0.717) is 5.65 Å². The molecule has 0 radical (unpaired) electrons. The first kappa shape index (κ1) is 11.7. The van der Waals surface area contributed by atoms with Gasteiger partial charge in [0.1, 0.15) is 5.65 Å². The van der Waals surface area contributed by atoms with Crippen molar-refractivity contribution >= 4 is 5.65 Å². The molecular formula is C16H14N2O. The molecule has 0 unspecified atom stereocenters. The van der Waals surface area contributed by atoms with E-state index >= 15 is 0 Å². The van der Waals surface area contributed by atoms with E-state index in [0.717, 1.165) is 17.0 Å². The smallest absolute Gasteiger partial charge is 0.258 e. The molecule has 1 aromatic carbocycles. The van der Waals surface area contributed by atoms with E-state index < -0.39 is 0 Å². The first-order chi connectivity index (χ1) is 9.15. The van der Waals surface area contributed by atoms with E-state index in [-0.39, 0.29) is 5.56 Å². The molecule has 0 atom stereocenters. The first-order valence-electron chi connectivity index (χ1n) is 6.21. The van der Waals surface area contributed by atoms with Crippen molar-refractivity contribution in [3.05, 3.63) is 70.1 Å². The van der Waals surface area contributed by atoms with E-state index in [1.54, 1.807) is 10.5 Å². The topological polar surface area (TPSA) is 34.4 Å². The van der Waals surface area contributed by atoms with Crippen LogP contribution in [-0.4, -0.2) is 9.38 Å². The predicted molar refractivity (Wildman–Crippen MR) is 76.4 cm³/mol. The van der Waals surface area contributed by atoms with Crippen molar-refractivity contribution < 1.29 is 0 Å². The second-order valence-corrected chi connectivity index (χ2v) is 4.71. The molecule has 2 aromatic heterocycles. The van der Waals surface area contributed by atoms with Crippen LogP contribution >= 0.6 is 0 Å². The quantitative estimate of drug-likeness (QED) is 0.665. The molecule has 0 aliphatic heterocycles. The van der Waals surface area contributed by atoms with Crippen molar-refractivity contribution in [2.45, 2.75) is 13.8 Å². The van der Waals surface area contributed by atoms with Crippen molar-refractivity contribution in [2.24, 2.45) is 0 Å². The van der Waals surface area contributed by atoms with Crippen LogP contribution in [0.25, 0.3) is 16.9 Å². The number of benzene rings is 1. The molecule has 0 aliphatic rings. The molecule has 0 amide bonds. The van der Waals surface area contributed by atoms with Gasteiger partial charge in [0.15, 0.2) is 0 Å². The molecule has 0 saturated carbocycles. The predicted octanol–water partition coefficient (Wildman–Crippen LogP) is 2.98. The number of pyridine rings is 1. The fraction of sp³-hybridized carbons (Fsp3) is 0.125. The van der Waals surface area contributed by atoms with Gasteiger partial charge in [0.2, 0.25) is 0 Å². The normalized spacial score (nSPS) is 10.8. The summed E-state index contributed by atoms with van der Waals surface area (Å²) in [4.78, 5) is 16.7. The van der Waals surface area contributed by atoms with Gasteiger partial charge in [-0.15, -0.1) is 0 Å². The van der Waals surface area contributed by atoms with Crippen LogP contribution in [0.3, 0.4) is 0 Å². The maximum Gasteiger partial charge on any atom is 0.258 e. The molecule has 0 aliphatic carbocycles. The SMILES string of the molecule is Cc1ccc(-c2cc(=O)n3c(C)cccc3n2)cc1. The van der Waals surface area contributed by atoms with Crippen LogP contribution in [0.4, 0.5) is 0 Å². The summed E-state index contributed by atoms with van der Waals surface area (Å²) in [7, 11) is 0. The minimum absolute atomic E-state index is 0.0429. The zero-order valence-corrected chi connectivity index (χ0v) is 10.9. The number of aromatic nitrogens is 2. The summed E-state index contributed by atoms with van der Waals surface area (Å²) in [6.07, 6.45) is 0. The van der Waals surface area contributed by atoms with Gasteiger partial charge >= 0.3 is 0 Å². The van der Waals surface area contributed by atoms with Gasteiger partial charge in [0.25, 0.3) is 5.56 Å². The number of hydrogen-bond donors (Lipinski definition) is 0. The highest BCUT2D eigenvalue weighted by Gasteiger charge is 2.05. The zero-order chi connectivity index (χ0) is 13.4. The van der Waals surface area contributed by atoms with E-state index in [1.165, 1.54) is 5.56 Å². The maximum absolute atomic E-state index is 12.2. The highest BCUT2D eigenvalue weighted by atomic mass is 16.1. The number of aryl methyl sites for hydroxylation is 2. The van der Waals surface area contributed by atoms with Crippen molar-refractivity contribution in [3.63, 3.8) is 0 Å². The Morgan fingerprint density at radius 3 is 2.47 bits per heavy atom. The average Bonchev–Trinajstić information content (AvgIpc) is 2.39. The molecule has 19 heavy (non-hydrogen) atoms. The number of hydrogen-bond acceptors (Lipinski definition) is 2. The van der Waals surface area contributed by atoms with E-state index in [4.69, 9.17) is 0 Å².